The Bertz CT molecular complexity index is 371. The van der Waals surface area contributed by atoms with Crippen LogP contribution < -0.4 is 5.32 Å². The molecule has 2 heteroatoms. The van der Waals surface area contributed by atoms with Crippen molar-refractivity contribution in [3.05, 3.63) is 35.4 Å². The fourth-order valence-electron chi connectivity index (χ4n) is 3.40. The molecule has 98 valence electrons. The van der Waals surface area contributed by atoms with Gasteiger partial charge in [-0.25, -0.2) is 0 Å². The molecule has 2 aliphatic rings. The van der Waals surface area contributed by atoms with Crippen molar-refractivity contribution in [3.8, 4) is 0 Å². The molecule has 2 heterocycles. The Labute approximate surface area is 110 Å². The molecule has 2 saturated heterocycles. The molecule has 0 aliphatic carbocycles. The highest BCUT2D eigenvalue weighted by Crippen LogP contribution is 2.26. The minimum atomic E-state index is 0.758. The van der Waals surface area contributed by atoms with Gasteiger partial charge in [0, 0.05) is 25.7 Å². The Kier molecular flexibility index (Phi) is 3.67. The van der Waals surface area contributed by atoms with Gasteiger partial charge in [0.1, 0.15) is 0 Å². The predicted molar refractivity (Wildman–Crippen MR) is 75.6 cm³/mol. The highest BCUT2D eigenvalue weighted by atomic mass is 15.2. The van der Waals surface area contributed by atoms with Crippen LogP contribution in [0.3, 0.4) is 0 Å². The van der Waals surface area contributed by atoms with E-state index in [9.17, 15) is 0 Å². The maximum Gasteiger partial charge on any atom is 0.0235 e. The average Bonchev–Trinajstić information content (AvgIpc) is 2.82. The predicted octanol–water partition coefficient (Wildman–Crippen LogP) is 2.43. The van der Waals surface area contributed by atoms with Crippen LogP contribution in [0.15, 0.2) is 24.3 Å². The van der Waals surface area contributed by atoms with Crippen LogP contribution in [-0.4, -0.2) is 30.6 Å². The molecule has 1 N–H and O–H groups in total. The second kappa shape index (κ2) is 5.41. The molecule has 0 aromatic heterocycles. The summed E-state index contributed by atoms with van der Waals surface area (Å²) in [5.41, 5.74) is 2.90. The van der Waals surface area contributed by atoms with E-state index >= 15 is 0 Å². The van der Waals surface area contributed by atoms with E-state index in [1.165, 1.54) is 43.6 Å². The van der Waals surface area contributed by atoms with Crippen LogP contribution in [0.25, 0.3) is 0 Å². The molecule has 0 radical (unpaired) electrons. The SMILES string of the molecule is CCc1ccc(CN2C[C@@H]3CCCN[C@@H]3C2)cc1. The van der Waals surface area contributed by atoms with Crippen molar-refractivity contribution in [2.45, 2.75) is 38.8 Å². The number of hydrogen-bond acceptors (Lipinski definition) is 2. The highest BCUT2D eigenvalue weighted by molar-refractivity contribution is 5.22. The minimum Gasteiger partial charge on any atom is -0.312 e. The summed E-state index contributed by atoms with van der Waals surface area (Å²) in [7, 11) is 0. The number of nitrogens with one attached hydrogen (secondary N) is 1. The first-order valence-electron chi connectivity index (χ1n) is 7.38. The second-order valence-electron chi connectivity index (χ2n) is 5.83. The highest BCUT2D eigenvalue weighted by Gasteiger charge is 2.33. The van der Waals surface area contributed by atoms with Crippen molar-refractivity contribution in [2.24, 2.45) is 5.92 Å². The number of aryl methyl sites for hydroxylation is 1. The topological polar surface area (TPSA) is 15.3 Å². The zero-order valence-corrected chi connectivity index (χ0v) is 11.4. The van der Waals surface area contributed by atoms with Crippen LogP contribution in [0.2, 0.25) is 0 Å². The van der Waals surface area contributed by atoms with Gasteiger partial charge in [-0.3, -0.25) is 4.90 Å². The van der Waals surface area contributed by atoms with E-state index in [0.717, 1.165) is 24.9 Å². The van der Waals surface area contributed by atoms with Crippen LogP contribution in [0.1, 0.15) is 30.9 Å². The standard InChI is InChI=1S/C16H24N2/c1-2-13-5-7-14(8-6-13)10-18-11-15-4-3-9-17-16(15)12-18/h5-8,15-17H,2-4,9-12H2,1H3/t15-,16+/m0/s1. The minimum absolute atomic E-state index is 0.758. The zero-order chi connectivity index (χ0) is 12.4. The lowest BCUT2D eigenvalue weighted by Crippen LogP contribution is -2.40. The van der Waals surface area contributed by atoms with Crippen LogP contribution in [-0.2, 0) is 13.0 Å². The number of hydrogen-bond donors (Lipinski definition) is 1. The van der Waals surface area contributed by atoms with Gasteiger partial charge < -0.3 is 5.32 Å². The van der Waals surface area contributed by atoms with E-state index in [1.54, 1.807) is 0 Å². The summed E-state index contributed by atoms with van der Waals surface area (Å²) in [5, 5.41) is 3.67. The first-order chi connectivity index (χ1) is 8.85. The Hall–Kier alpha value is -0.860. The number of benzene rings is 1. The number of nitrogens with zero attached hydrogens (tertiary/aromatic N) is 1. The van der Waals surface area contributed by atoms with Gasteiger partial charge in [-0.05, 0) is 42.9 Å². The number of piperidine rings is 1. The molecule has 2 atom stereocenters. The third-order valence-corrected chi connectivity index (χ3v) is 4.51. The molecule has 1 aromatic rings. The van der Waals surface area contributed by atoms with Crippen molar-refractivity contribution in [3.63, 3.8) is 0 Å². The largest absolute Gasteiger partial charge is 0.312 e. The van der Waals surface area contributed by atoms with Gasteiger partial charge in [-0.1, -0.05) is 31.2 Å². The second-order valence-corrected chi connectivity index (χ2v) is 5.83. The number of rotatable bonds is 3. The Morgan fingerprint density at radius 3 is 2.67 bits per heavy atom. The van der Waals surface area contributed by atoms with Gasteiger partial charge in [0.25, 0.3) is 0 Å². The molecule has 0 amide bonds. The molecule has 18 heavy (non-hydrogen) atoms. The normalized spacial score (nSPS) is 28.3. The number of fused-ring (bicyclic) bond motifs is 1. The fraction of sp³-hybridized carbons (Fsp3) is 0.625. The molecule has 0 unspecified atom stereocenters. The van der Waals surface area contributed by atoms with Gasteiger partial charge in [-0.2, -0.15) is 0 Å². The Morgan fingerprint density at radius 1 is 1.17 bits per heavy atom. The summed E-state index contributed by atoms with van der Waals surface area (Å²) in [6, 6.07) is 9.91. The summed E-state index contributed by atoms with van der Waals surface area (Å²) in [4.78, 5) is 2.62. The summed E-state index contributed by atoms with van der Waals surface area (Å²) >= 11 is 0. The van der Waals surface area contributed by atoms with Gasteiger partial charge in [0.2, 0.25) is 0 Å². The monoisotopic (exact) mass is 244 g/mol. The lowest BCUT2D eigenvalue weighted by atomic mass is 9.94. The van der Waals surface area contributed by atoms with Gasteiger partial charge in [0.15, 0.2) is 0 Å². The van der Waals surface area contributed by atoms with Crippen molar-refractivity contribution in [1.82, 2.24) is 10.2 Å². The molecule has 0 saturated carbocycles. The van der Waals surface area contributed by atoms with E-state index in [4.69, 9.17) is 0 Å². The maximum absolute atomic E-state index is 3.67. The van der Waals surface area contributed by atoms with Gasteiger partial charge in [0.05, 0.1) is 0 Å². The van der Waals surface area contributed by atoms with Crippen molar-refractivity contribution >= 4 is 0 Å². The van der Waals surface area contributed by atoms with Crippen LogP contribution in [0.4, 0.5) is 0 Å². The molecule has 0 spiro atoms. The van der Waals surface area contributed by atoms with Crippen LogP contribution in [0, 0.1) is 5.92 Å². The lowest BCUT2D eigenvalue weighted by Gasteiger charge is -2.24. The van der Waals surface area contributed by atoms with Crippen LogP contribution >= 0.6 is 0 Å². The quantitative estimate of drug-likeness (QED) is 0.878. The molecule has 0 bridgehead atoms. The Balaban J connectivity index is 1.59. The van der Waals surface area contributed by atoms with E-state index in [1.807, 2.05) is 0 Å². The average molecular weight is 244 g/mol. The summed E-state index contributed by atoms with van der Waals surface area (Å²) in [6.45, 7) is 7.08. The zero-order valence-electron chi connectivity index (χ0n) is 11.4. The van der Waals surface area contributed by atoms with E-state index < -0.39 is 0 Å². The molecule has 1 aromatic carbocycles. The van der Waals surface area contributed by atoms with Crippen molar-refractivity contribution < 1.29 is 0 Å². The van der Waals surface area contributed by atoms with E-state index in [2.05, 4.69) is 41.4 Å². The first-order valence-corrected chi connectivity index (χ1v) is 7.38. The van der Waals surface area contributed by atoms with Crippen molar-refractivity contribution in [1.29, 1.82) is 0 Å². The summed E-state index contributed by atoms with van der Waals surface area (Å²) < 4.78 is 0. The molecular formula is C16H24N2. The van der Waals surface area contributed by atoms with Crippen LogP contribution in [0.5, 0.6) is 0 Å². The van der Waals surface area contributed by atoms with Gasteiger partial charge >= 0.3 is 0 Å². The Morgan fingerprint density at radius 2 is 1.94 bits per heavy atom. The number of likely N-dealkylation sites (tertiary alicyclic amines) is 1. The first kappa shape index (κ1) is 12.2. The molecule has 2 nitrogen and oxygen atoms in total. The smallest absolute Gasteiger partial charge is 0.0235 e. The third kappa shape index (κ3) is 2.60. The fourth-order valence-corrected chi connectivity index (χ4v) is 3.40. The molecule has 2 aliphatic heterocycles. The third-order valence-electron chi connectivity index (χ3n) is 4.51. The molecule has 2 fully saturated rings. The summed E-state index contributed by atoms with van der Waals surface area (Å²) in [5.74, 6) is 0.897. The van der Waals surface area contributed by atoms with Crippen molar-refractivity contribution in [2.75, 3.05) is 19.6 Å². The van der Waals surface area contributed by atoms with E-state index in [0.29, 0.717) is 0 Å². The lowest BCUT2D eigenvalue weighted by molar-refractivity contribution is 0.312. The summed E-state index contributed by atoms with van der Waals surface area (Å²) in [6.07, 6.45) is 3.92. The molecular weight excluding hydrogens is 220 g/mol. The van der Waals surface area contributed by atoms with Gasteiger partial charge in [-0.15, -0.1) is 0 Å². The van der Waals surface area contributed by atoms with E-state index in [-0.39, 0.29) is 0 Å². The maximum atomic E-state index is 3.67. The molecule has 3 rings (SSSR count).